The zero-order valence-corrected chi connectivity index (χ0v) is 12.9. The molecule has 0 atom stereocenters. The van der Waals surface area contributed by atoms with Crippen molar-refractivity contribution in [3.8, 4) is 0 Å². The first-order valence-electron chi connectivity index (χ1n) is 5.21. The third kappa shape index (κ3) is 4.58. The molecule has 6 heteroatoms. The fourth-order valence-electron chi connectivity index (χ4n) is 1.20. The Morgan fingerprint density at radius 2 is 2.29 bits per heavy atom. The molecule has 1 aromatic rings. The maximum atomic E-state index is 10.9. The lowest BCUT2D eigenvalue weighted by Gasteiger charge is -2.18. The average molecular weight is 341 g/mol. The van der Waals surface area contributed by atoms with Crippen molar-refractivity contribution in [2.45, 2.75) is 26.8 Å². The van der Waals surface area contributed by atoms with Gasteiger partial charge in [0.2, 0.25) is 0 Å². The van der Waals surface area contributed by atoms with Gasteiger partial charge in [-0.1, -0.05) is 11.6 Å². The predicted octanol–water partition coefficient (Wildman–Crippen LogP) is 3.75. The van der Waals surface area contributed by atoms with Crippen molar-refractivity contribution in [1.29, 1.82) is 0 Å². The van der Waals surface area contributed by atoms with Crippen molar-refractivity contribution >= 4 is 44.8 Å². The quantitative estimate of drug-likeness (QED) is 0.775. The van der Waals surface area contributed by atoms with Gasteiger partial charge in [-0.05, 0) is 48.8 Å². The lowest BCUT2D eigenvalue weighted by molar-refractivity contribution is -0.147. The summed E-state index contributed by atoms with van der Waals surface area (Å²) in [6, 6.07) is 1.97. The summed E-state index contributed by atoms with van der Waals surface area (Å²) < 4.78 is 1.65. The maximum absolute atomic E-state index is 10.9. The van der Waals surface area contributed by atoms with E-state index in [1.54, 1.807) is 13.8 Å². The minimum atomic E-state index is -0.763. The van der Waals surface area contributed by atoms with Crippen molar-refractivity contribution in [2.75, 3.05) is 6.54 Å². The first kappa shape index (κ1) is 15.0. The molecule has 0 aliphatic rings. The summed E-state index contributed by atoms with van der Waals surface area (Å²) >= 11 is 10.8. The van der Waals surface area contributed by atoms with E-state index in [1.807, 2.05) is 6.07 Å². The lowest BCUT2D eigenvalue weighted by atomic mass is 9.90. The molecule has 0 unspecified atom stereocenters. The SMILES string of the molecule is CC(C)(CCNCc1cc(Br)c(Cl)s1)C(=O)O. The van der Waals surface area contributed by atoms with E-state index in [2.05, 4.69) is 21.2 Å². The Hall–Kier alpha value is -0.100. The van der Waals surface area contributed by atoms with Crippen LogP contribution >= 0.6 is 38.9 Å². The lowest BCUT2D eigenvalue weighted by Crippen LogP contribution is -2.28. The molecule has 0 saturated heterocycles. The van der Waals surface area contributed by atoms with Gasteiger partial charge in [-0.15, -0.1) is 11.3 Å². The Morgan fingerprint density at radius 1 is 1.65 bits per heavy atom. The van der Waals surface area contributed by atoms with Gasteiger partial charge in [0.25, 0.3) is 0 Å². The summed E-state index contributed by atoms with van der Waals surface area (Å²) in [6.45, 7) is 4.85. The van der Waals surface area contributed by atoms with E-state index in [9.17, 15) is 4.79 Å². The smallest absolute Gasteiger partial charge is 0.309 e. The number of halogens is 2. The highest BCUT2D eigenvalue weighted by Crippen LogP contribution is 2.31. The summed E-state index contributed by atoms with van der Waals surface area (Å²) in [5.41, 5.74) is -0.680. The largest absolute Gasteiger partial charge is 0.481 e. The number of nitrogens with one attached hydrogen (secondary N) is 1. The zero-order valence-electron chi connectivity index (χ0n) is 9.72. The van der Waals surface area contributed by atoms with Crippen LogP contribution in [0, 0.1) is 5.41 Å². The highest BCUT2D eigenvalue weighted by molar-refractivity contribution is 9.10. The standard InChI is InChI=1S/C11H15BrClNO2S/c1-11(2,10(15)16)3-4-14-6-7-5-8(12)9(13)17-7/h5,14H,3-4,6H2,1-2H3,(H,15,16). The van der Waals surface area contributed by atoms with E-state index in [-0.39, 0.29) is 0 Å². The highest BCUT2D eigenvalue weighted by Gasteiger charge is 2.26. The molecule has 17 heavy (non-hydrogen) atoms. The molecule has 0 aliphatic heterocycles. The summed E-state index contributed by atoms with van der Waals surface area (Å²) in [6.07, 6.45) is 0.600. The number of hydrogen-bond donors (Lipinski definition) is 2. The fourth-order valence-corrected chi connectivity index (χ4v) is 2.96. The number of carboxylic acids is 1. The Kier molecular flexibility index (Phi) is 5.44. The molecular formula is C11H15BrClNO2S. The molecule has 0 saturated carbocycles. The van der Waals surface area contributed by atoms with Gasteiger partial charge in [0.15, 0.2) is 0 Å². The second-order valence-corrected chi connectivity index (χ2v) is 7.04. The van der Waals surface area contributed by atoms with Crippen LogP contribution < -0.4 is 5.32 Å². The Balaban J connectivity index is 2.32. The summed E-state index contributed by atoms with van der Waals surface area (Å²) in [5.74, 6) is -0.763. The summed E-state index contributed by atoms with van der Waals surface area (Å²) in [4.78, 5) is 12.0. The number of aliphatic carboxylic acids is 1. The number of carbonyl (C=O) groups is 1. The molecule has 96 valence electrons. The maximum Gasteiger partial charge on any atom is 0.309 e. The number of hydrogen-bond acceptors (Lipinski definition) is 3. The van der Waals surface area contributed by atoms with Crippen LogP contribution in [0.4, 0.5) is 0 Å². The van der Waals surface area contributed by atoms with Gasteiger partial charge in [-0.2, -0.15) is 0 Å². The van der Waals surface area contributed by atoms with E-state index in [1.165, 1.54) is 11.3 Å². The van der Waals surface area contributed by atoms with Crippen molar-refractivity contribution < 1.29 is 9.90 Å². The zero-order chi connectivity index (χ0) is 13.1. The van der Waals surface area contributed by atoms with Crippen molar-refractivity contribution in [2.24, 2.45) is 5.41 Å². The topological polar surface area (TPSA) is 49.3 Å². The molecule has 1 heterocycles. The van der Waals surface area contributed by atoms with Crippen molar-refractivity contribution in [3.05, 3.63) is 19.8 Å². The van der Waals surface area contributed by atoms with E-state index in [0.29, 0.717) is 19.5 Å². The van der Waals surface area contributed by atoms with Crippen LogP contribution in [-0.2, 0) is 11.3 Å². The van der Waals surface area contributed by atoms with Gasteiger partial charge < -0.3 is 10.4 Å². The molecule has 1 aromatic heterocycles. The third-order valence-corrected chi connectivity index (χ3v) is 4.98. The van der Waals surface area contributed by atoms with Gasteiger partial charge in [0.05, 0.1) is 5.41 Å². The summed E-state index contributed by atoms with van der Waals surface area (Å²) in [7, 11) is 0. The Labute approximate surface area is 118 Å². The second kappa shape index (κ2) is 6.18. The molecule has 0 spiro atoms. The molecule has 0 amide bonds. The molecular weight excluding hydrogens is 326 g/mol. The monoisotopic (exact) mass is 339 g/mol. The average Bonchev–Trinajstić information content (AvgIpc) is 2.53. The molecule has 0 radical (unpaired) electrons. The van der Waals surface area contributed by atoms with Crippen molar-refractivity contribution in [3.63, 3.8) is 0 Å². The van der Waals surface area contributed by atoms with E-state index in [4.69, 9.17) is 16.7 Å². The molecule has 0 fully saturated rings. The van der Waals surface area contributed by atoms with Gasteiger partial charge >= 0.3 is 5.97 Å². The summed E-state index contributed by atoms with van der Waals surface area (Å²) in [5, 5.41) is 12.2. The van der Waals surface area contributed by atoms with Gasteiger partial charge in [0, 0.05) is 15.9 Å². The highest BCUT2D eigenvalue weighted by atomic mass is 79.9. The Morgan fingerprint density at radius 3 is 2.76 bits per heavy atom. The first-order valence-corrected chi connectivity index (χ1v) is 7.19. The number of thiophene rings is 1. The molecule has 0 aliphatic carbocycles. The molecule has 3 nitrogen and oxygen atoms in total. The molecule has 1 rings (SSSR count). The van der Waals surface area contributed by atoms with Crippen LogP contribution in [0.15, 0.2) is 10.5 Å². The predicted molar refractivity (Wildman–Crippen MR) is 74.8 cm³/mol. The first-order chi connectivity index (χ1) is 7.83. The molecule has 0 bridgehead atoms. The van der Waals surface area contributed by atoms with Gasteiger partial charge in [0.1, 0.15) is 4.34 Å². The normalized spacial score (nSPS) is 11.8. The number of carboxylic acid groups (broad SMARTS) is 1. The minimum absolute atomic E-state index is 0.600. The Bertz CT molecular complexity index is 387. The molecule has 2 N–H and O–H groups in total. The van der Waals surface area contributed by atoms with Crippen LogP contribution in [0.3, 0.4) is 0 Å². The fraction of sp³-hybridized carbons (Fsp3) is 0.545. The van der Waals surface area contributed by atoms with Crippen LogP contribution in [0.2, 0.25) is 4.34 Å². The van der Waals surface area contributed by atoms with Gasteiger partial charge in [-0.25, -0.2) is 0 Å². The van der Waals surface area contributed by atoms with Crippen LogP contribution in [0.5, 0.6) is 0 Å². The minimum Gasteiger partial charge on any atom is -0.481 e. The molecule has 0 aromatic carbocycles. The van der Waals surface area contributed by atoms with Crippen LogP contribution in [-0.4, -0.2) is 17.6 Å². The van der Waals surface area contributed by atoms with E-state index in [0.717, 1.165) is 13.7 Å². The number of rotatable bonds is 6. The van der Waals surface area contributed by atoms with E-state index >= 15 is 0 Å². The van der Waals surface area contributed by atoms with Crippen LogP contribution in [0.25, 0.3) is 0 Å². The van der Waals surface area contributed by atoms with E-state index < -0.39 is 11.4 Å². The second-order valence-electron chi connectivity index (χ2n) is 4.45. The van der Waals surface area contributed by atoms with Crippen LogP contribution in [0.1, 0.15) is 25.1 Å². The van der Waals surface area contributed by atoms with Crippen molar-refractivity contribution in [1.82, 2.24) is 5.32 Å². The van der Waals surface area contributed by atoms with Gasteiger partial charge in [-0.3, -0.25) is 4.79 Å². The third-order valence-electron chi connectivity index (χ3n) is 2.50.